The van der Waals surface area contributed by atoms with Crippen LogP contribution in [0.15, 0.2) is 47.1 Å². The lowest BCUT2D eigenvalue weighted by molar-refractivity contribution is 0.0675. The van der Waals surface area contributed by atoms with Crippen LogP contribution in [0.3, 0.4) is 0 Å². The Hall–Kier alpha value is -2.10. The molecule has 0 bridgehead atoms. The largest absolute Gasteiger partial charge is 0.380 e. The number of methoxy groups -OCH3 is 1. The SMILES string of the molecule is CCC(C)=C(C)/C=C(\C=C(C)C)c1[nH]c2ccc(C3CCN(CC(C)OC)CC3)cc2c1C(C)C. The summed E-state index contributed by atoms with van der Waals surface area (Å²) in [5.74, 6) is 1.08. The number of nitrogens with zero attached hydrogens (tertiary/aromatic N) is 1. The third-order valence-electron chi connectivity index (χ3n) is 7.73. The molecule has 2 aromatic rings. The molecule has 0 saturated carbocycles. The van der Waals surface area contributed by atoms with Crippen molar-refractivity contribution in [2.75, 3.05) is 26.7 Å². The number of allylic oxidation sites excluding steroid dienone is 6. The molecule has 1 fully saturated rings. The van der Waals surface area contributed by atoms with Crippen LogP contribution in [0.2, 0.25) is 0 Å². The summed E-state index contributed by atoms with van der Waals surface area (Å²) >= 11 is 0. The highest BCUT2D eigenvalue weighted by Gasteiger charge is 2.23. The summed E-state index contributed by atoms with van der Waals surface area (Å²) in [5.41, 5.74) is 10.9. The summed E-state index contributed by atoms with van der Waals surface area (Å²) in [6.07, 6.45) is 8.54. The molecule has 1 N–H and O–H groups in total. The van der Waals surface area contributed by atoms with Gasteiger partial charge in [0.15, 0.2) is 0 Å². The number of H-pyrrole nitrogens is 1. The summed E-state index contributed by atoms with van der Waals surface area (Å²) in [6.45, 7) is 21.3. The van der Waals surface area contributed by atoms with E-state index in [-0.39, 0.29) is 0 Å². The summed E-state index contributed by atoms with van der Waals surface area (Å²) in [4.78, 5) is 6.38. The molecule has 0 spiro atoms. The van der Waals surface area contributed by atoms with Crippen LogP contribution in [0.1, 0.15) is 103 Å². The predicted octanol–water partition coefficient (Wildman–Crippen LogP) is 8.60. The quantitative estimate of drug-likeness (QED) is 0.367. The van der Waals surface area contributed by atoms with Crippen LogP contribution in [0.5, 0.6) is 0 Å². The first-order valence-corrected chi connectivity index (χ1v) is 13.6. The fourth-order valence-corrected chi connectivity index (χ4v) is 5.33. The number of rotatable bonds is 9. The normalized spacial score (nSPS) is 17.7. The maximum absolute atomic E-state index is 5.48. The summed E-state index contributed by atoms with van der Waals surface area (Å²) in [6, 6.07) is 7.17. The van der Waals surface area contributed by atoms with Gasteiger partial charge in [-0.3, -0.25) is 0 Å². The number of hydrogen-bond acceptors (Lipinski definition) is 2. The summed E-state index contributed by atoms with van der Waals surface area (Å²) in [7, 11) is 1.81. The first kappa shape index (κ1) is 27.5. The monoisotopic (exact) mass is 476 g/mol. The molecule has 1 aromatic heterocycles. The molecule has 0 radical (unpaired) electrons. The molecule has 1 unspecified atom stereocenters. The number of hydrogen-bond donors (Lipinski definition) is 1. The van der Waals surface area contributed by atoms with Gasteiger partial charge in [0.1, 0.15) is 0 Å². The third kappa shape index (κ3) is 6.77. The van der Waals surface area contributed by atoms with Crippen molar-refractivity contribution in [3.05, 3.63) is 63.9 Å². The van der Waals surface area contributed by atoms with Crippen LogP contribution in [-0.2, 0) is 4.74 Å². The van der Waals surface area contributed by atoms with E-state index in [9.17, 15) is 0 Å². The molecule has 35 heavy (non-hydrogen) atoms. The first-order chi connectivity index (χ1) is 16.6. The molecule has 3 rings (SSSR count). The van der Waals surface area contributed by atoms with Crippen molar-refractivity contribution in [1.29, 1.82) is 0 Å². The van der Waals surface area contributed by atoms with Gasteiger partial charge < -0.3 is 14.6 Å². The fourth-order valence-electron chi connectivity index (χ4n) is 5.33. The fraction of sp³-hybridized carbons (Fsp3) is 0.562. The smallest absolute Gasteiger partial charge is 0.0670 e. The zero-order chi connectivity index (χ0) is 25.7. The van der Waals surface area contributed by atoms with Crippen molar-refractivity contribution < 1.29 is 4.74 Å². The minimum absolute atomic E-state index is 0.303. The number of aromatic nitrogens is 1. The summed E-state index contributed by atoms with van der Waals surface area (Å²) in [5, 5.41) is 1.39. The Balaban J connectivity index is 2.00. The second kappa shape index (κ2) is 12.2. The standard InChI is InChI=1S/C32H48N2O/c1-10-23(6)24(7)18-28(17-21(2)3)32-31(22(4)5)29-19-27(11-12-30(29)33-32)26-13-15-34(16-14-26)20-25(8)35-9/h11-12,17-19,22,25-26,33H,10,13-16,20H2,1-9H3/b24-23?,28-18+. The number of nitrogens with one attached hydrogen (secondary N) is 1. The molecule has 1 aliphatic heterocycles. The zero-order valence-electron chi connectivity index (χ0n) is 23.7. The van der Waals surface area contributed by atoms with Gasteiger partial charge >= 0.3 is 0 Å². The highest BCUT2D eigenvalue weighted by atomic mass is 16.5. The van der Waals surface area contributed by atoms with Gasteiger partial charge in [-0.2, -0.15) is 0 Å². The average molecular weight is 477 g/mol. The number of likely N-dealkylation sites (tertiary alicyclic amines) is 1. The highest BCUT2D eigenvalue weighted by Crippen LogP contribution is 2.37. The molecular formula is C32H48N2O. The van der Waals surface area contributed by atoms with Gasteiger partial charge in [-0.25, -0.2) is 0 Å². The van der Waals surface area contributed by atoms with Gasteiger partial charge in [-0.15, -0.1) is 0 Å². The molecule has 1 atom stereocenters. The van der Waals surface area contributed by atoms with Crippen LogP contribution < -0.4 is 0 Å². The Morgan fingerprint density at radius 2 is 1.77 bits per heavy atom. The molecule has 1 saturated heterocycles. The minimum Gasteiger partial charge on any atom is -0.380 e. The van der Waals surface area contributed by atoms with Gasteiger partial charge in [-0.1, -0.05) is 55.7 Å². The third-order valence-corrected chi connectivity index (χ3v) is 7.73. The second-order valence-corrected chi connectivity index (χ2v) is 11.1. The molecule has 3 nitrogen and oxygen atoms in total. The van der Waals surface area contributed by atoms with Gasteiger partial charge in [-0.05, 0) is 108 Å². The maximum Gasteiger partial charge on any atom is 0.0670 e. The van der Waals surface area contributed by atoms with E-state index in [1.165, 1.54) is 62.9 Å². The molecule has 192 valence electrons. The predicted molar refractivity (Wildman–Crippen MR) is 153 cm³/mol. The van der Waals surface area contributed by atoms with Crippen LogP contribution in [0.4, 0.5) is 0 Å². The number of piperidine rings is 1. The zero-order valence-corrected chi connectivity index (χ0v) is 23.7. The van der Waals surface area contributed by atoms with E-state index in [1.54, 1.807) is 0 Å². The Kier molecular flexibility index (Phi) is 9.61. The van der Waals surface area contributed by atoms with Gasteiger partial charge in [0.05, 0.1) is 6.10 Å². The van der Waals surface area contributed by atoms with Crippen LogP contribution >= 0.6 is 0 Å². The lowest BCUT2D eigenvalue weighted by Crippen LogP contribution is -2.38. The van der Waals surface area contributed by atoms with Gasteiger partial charge in [0.25, 0.3) is 0 Å². The average Bonchev–Trinajstić information content (AvgIpc) is 3.22. The molecule has 1 aromatic carbocycles. The Morgan fingerprint density at radius 1 is 1.09 bits per heavy atom. The number of ether oxygens (including phenoxy) is 1. The van der Waals surface area contributed by atoms with Crippen molar-refractivity contribution in [3.8, 4) is 0 Å². The van der Waals surface area contributed by atoms with E-state index in [2.05, 4.69) is 95.6 Å². The molecule has 1 aliphatic rings. The van der Waals surface area contributed by atoms with Crippen molar-refractivity contribution in [2.45, 2.75) is 92.6 Å². The number of aromatic amines is 1. The van der Waals surface area contributed by atoms with E-state index in [1.807, 2.05) is 7.11 Å². The molecular weight excluding hydrogens is 428 g/mol. The lowest BCUT2D eigenvalue weighted by atomic mass is 9.87. The van der Waals surface area contributed by atoms with Gasteiger partial charge in [0.2, 0.25) is 0 Å². The maximum atomic E-state index is 5.48. The second-order valence-electron chi connectivity index (χ2n) is 11.1. The van der Waals surface area contributed by atoms with E-state index in [4.69, 9.17) is 4.74 Å². The lowest BCUT2D eigenvalue weighted by Gasteiger charge is -2.33. The van der Waals surface area contributed by atoms with Crippen molar-refractivity contribution in [1.82, 2.24) is 9.88 Å². The van der Waals surface area contributed by atoms with Crippen LogP contribution in [-0.4, -0.2) is 42.7 Å². The van der Waals surface area contributed by atoms with Crippen LogP contribution in [0, 0.1) is 0 Å². The highest BCUT2D eigenvalue weighted by molar-refractivity contribution is 5.92. The topological polar surface area (TPSA) is 28.3 Å². The van der Waals surface area contributed by atoms with E-state index in [0.29, 0.717) is 17.9 Å². The Morgan fingerprint density at radius 3 is 2.34 bits per heavy atom. The molecule has 2 heterocycles. The van der Waals surface area contributed by atoms with Crippen molar-refractivity contribution >= 4 is 16.5 Å². The van der Waals surface area contributed by atoms with Crippen molar-refractivity contribution in [2.24, 2.45) is 0 Å². The first-order valence-electron chi connectivity index (χ1n) is 13.6. The van der Waals surface area contributed by atoms with E-state index < -0.39 is 0 Å². The van der Waals surface area contributed by atoms with E-state index in [0.717, 1.165) is 26.1 Å². The number of fused-ring (bicyclic) bond motifs is 1. The number of benzene rings is 1. The van der Waals surface area contributed by atoms with Crippen molar-refractivity contribution in [3.63, 3.8) is 0 Å². The van der Waals surface area contributed by atoms with Crippen LogP contribution in [0.25, 0.3) is 16.5 Å². The Bertz CT molecular complexity index is 1090. The summed E-state index contributed by atoms with van der Waals surface area (Å²) < 4.78 is 5.48. The molecule has 0 aliphatic carbocycles. The Labute approximate surface area is 214 Å². The molecule has 0 amide bonds. The van der Waals surface area contributed by atoms with Gasteiger partial charge in [0, 0.05) is 30.3 Å². The minimum atomic E-state index is 0.303. The molecule has 3 heteroatoms. The van der Waals surface area contributed by atoms with E-state index >= 15 is 0 Å².